The van der Waals surface area contributed by atoms with Gasteiger partial charge in [-0.3, -0.25) is 4.79 Å². The molecule has 1 aromatic rings. The first-order valence-corrected chi connectivity index (χ1v) is 8.78. The second-order valence-corrected chi connectivity index (χ2v) is 7.14. The predicted octanol–water partition coefficient (Wildman–Crippen LogP) is 3.02. The van der Waals surface area contributed by atoms with Gasteiger partial charge in [0.2, 0.25) is 5.91 Å². The fourth-order valence-electron chi connectivity index (χ4n) is 3.84. The Morgan fingerprint density at radius 3 is 2.65 bits per heavy atom. The lowest BCUT2D eigenvalue weighted by Crippen LogP contribution is -2.48. The van der Waals surface area contributed by atoms with Gasteiger partial charge in [-0.15, -0.1) is 0 Å². The van der Waals surface area contributed by atoms with Crippen molar-refractivity contribution in [1.29, 1.82) is 0 Å². The molecular weight excluding hydrogens is 312 g/mol. The fourth-order valence-corrected chi connectivity index (χ4v) is 4.12. The second kappa shape index (κ2) is 7.10. The molecule has 0 aromatic heterocycles. The molecule has 2 aliphatic rings. The van der Waals surface area contributed by atoms with Crippen LogP contribution in [0, 0.1) is 0 Å². The topological polar surface area (TPSA) is 41.6 Å². The van der Waals surface area contributed by atoms with Gasteiger partial charge >= 0.3 is 0 Å². The molecule has 2 saturated heterocycles. The van der Waals surface area contributed by atoms with Crippen molar-refractivity contribution >= 4 is 17.5 Å². The number of fused-ring (bicyclic) bond motifs is 2. The summed E-state index contributed by atoms with van der Waals surface area (Å²) >= 11 is 6.14. The normalized spacial score (nSPS) is 26.1. The van der Waals surface area contributed by atoms with Crippen molar-refractivity contribution in [3.63, 3.8) is 0 Å². The van der Waals surface area contributed by atoms with Gasteiger partial charge in [0.1, 0.15) is 5.75 Å². The van der Waals surface area contributed by atoms with Crippen LogP contribution in [0.2, 0.25) is 5.02 Å². The van der Waals surface area contributed by atoms with Gasteiger partial charge in [0, 0.05) is 31.6 Å². The Hall–Kier alpha value is -1.26. The van der Waals surface area contributed by atoms with Crippen LogP contribution in [-0.4, -0.2) is 43.1 Å². The van der Waals surface area contributed by atoms with E-state index in [1.807, 2.05) is 30.1 Å². The Bertz CT molecular complexity index is 566. The Kier molecular flexibility index (Phi) is 5.12. The molecule has 2 unspecified atom stereocenters. The van der Waals surface area contributed by atoms with Crippen LogP contribution in [0.25, 0.3) is 0 Å². The molecule has 4 nitrogen and oxygen atoms in total. The molecule has 0 radical (unpaired) electrons. The minimum Gasteiger partial charge on any atom is -0.495 e. The van der Waals surface area contributed by atoms with Gasteiger partial charge in [-0.25, -0.2) is 0 Å². The first kappa shape index (κ1) is 16.6. The minimum atomic E-state index is 0.225. The highest BCUT2D eigenvalue weighted by molar-refractivity contribution is 6.32. The summed E-state index contributed by atoms with van der Waals surface area (Å²) in [5, 5.41) is 4.22. The molecule has 126 valence electrons. The van der Waals surface area contributed by atoms with E-state index in [1.54, 1.807) is 7.11 Å². The van der Waals surface area contributed by atoms with Crippen LogP contribution in [0.3, 0.4) is 0 Å². The molecule has 2 aliphatic heterocycles. The van der Waals surface area contributed by atoms with E-state index in [2.05, 4.69) is 5.32 Å². The van der Waals surface area contributed by atoms with Gasteiger partial charge in [-0.05, 0) is 49.8 Å². The highest BCUT2D eigenvalue weighted by atomic mass is 35.5. The van der Waals surface area contributed by atoms with Crippen molar-refractivity contribution < 1.29 is 9.53 Å². The molecule has 2 bridgehead atoms. The molecule has 3 rings (SSSR count). The number of ether oxygens (including phenoxy) is 1. The molecule has 0 saturated carbocycles. The summed E-state index contributed by atoms with van der Waals surface area (Å²) in [7, 11) is 3.56. The first-order chi connectivity index (χ1) is 11.1. The SMILES string of the molecule is COc1ccc(CCC(=O)N(C)C2CC3CCC(C2)N3)cc1Cl. The summed E-state index contributed by atoms with van der Waals surface area (Å²) in [5.74, 6) is 0.896. The number of methoxy groups -OCH3 is 1. The number of amides is 1. The first-order valence-electron chi connectivity index (χ1n) is 8.41. The average Bonchev–Trinajstić information content (AvgIpc) is 2.90. The lowest BCUT2D eigenvalue weighted by atomic mass is 9.98. The summed E-state index contributed by atoms with van der Waals surface area (Å²) in [6.45, 7) is 0. The number of halogens is 1. The van der Waals surface area contributed by atoms with Crippen LogP contribution >= 0.6 is 11.6 Å². The molecule has 1 amide bonds. The summed E-state index contributed by atoms with van der Waals surface area (Å²) in [5.41, 5.74) is 1.07. The van der Waals surface area contributed by atoms with Crippen LogP contribution in [0.5, 0.6) is 5.75 Å². The predicted molar refractivity (Wildman–Crippen MR) is 92.1 cm³/mol. The number of hydrogen-bond donors (Lipinski definition) is 1. The minimum absolute atomic E-state index is 0.225. The monoisotopic (exact) mass is 336 g/mol. The summed E-state index contributed by atoms with van der Waals surface area (Å²) in [6.07, 6.45) is 5.93. The van der Waals surface area contributed by atoms with Crippen LogP contribution in [-0.2, 0) is 11.2 Å². The Labute approximate surface area is 143 Å². The van der Waals surface area contributed by atoms with E-state index in [-0.39, 0.29) is 5.91 Å². The maximum Gasteiger partial charge on any atom is 0.222 e. The van der Waals surface area contributed by atoms with Crippen molar-refractivity contribution in [2.24, 2.45) is 0 Å². The quantitative estimate of drug-likeness (QED) is 0.898. The van der Waals surface area contributed by atoms with Crippen molar-refractivity contribution in [2.75, 3.05) is 14.2 Å². The molecule has 0 aliphatic carbocycles. The summed E-state index contributed by atoms with van der Waals surface area (Å²) < 4.78 is 5.16. The number of rotatable bonds is 5. The van der Waals surface area contributed by atoms with Gasteiger partial charge in [-0.2, -0.15) is 0 Å². The van der Waals surface area contributed by atoms with E-state index < -0.39 is 0 Å². The van der Waals surface area contributed by atoms with Crippen LogP contribution in [0.4, 0.5) is 0 Å². The van der Waals surface area contributed by atoms with Crippen LogP contribution < -0.4 is 10.1 Å². The highest BCUT2D eigenvalue weighted by Crippen LogP contribution is 2.30. The lowest BCUT2D eigenvalue weighted by molar-refractivity contribution is -0.132. The zero-order valence-electron chi connectivity index (χ0n) is 13.8. The number of aryl methyl sites for hydroxylation is 1. The van der Waals surface area contributed by atoms with Gasteiger partial charge in [-0.1, -0.05) is 17.7 Å². The number of carbonyl (C=O) groups is 1. The van der Waals surface area contributed by atoms with E-state index in [0.29, 0.717) is 41.7 Å². The van der Waals surface area contributed by atoms with Crippen LogP contribution in [0.1, 0.15) is 37.7 Å². The third kappa shape index (κ3) is 3.81. The van der Waals surface area contributed by atoms with Gasteiger partial charge < -0.3 is 15.0 Å². The maximum absolute atomic E-state index is 12.5. The maximum atomic E-state index is 12.5. The van der Waals surface area contributed by atoms with E-state index in [9.17, 15) is 4.79 Å². The molecule has 2 atom stereocenters. The number of carbonyl (C=O) groups excluding carboxylic acids is 1. The largest absolute Gasteiger partial charge is 0.495 e. The van der Waals surface area contributed by atoms with Crippen molar-refractivity contribution in [3.05, 3.63) is 28.8 Å². The molecule has 0 spiro atoms. The average molecular weight is 337 g/mol. The smallest absolute Gasteiger partial charge is 0.222 e. The Morgan fingerprint density at radius 2 is 2.04 bits per heavy atom. The molecule has 2 heterocycles. The van der Waals surface area contributed by atoms with E-state index in [4.69, 9.17) is 16.3 Å². The zero-order valence-corrected chi connectivity index (χ0v) is 14.6. The van der Waals surface area contributed by atoms with Crippen molar-refractivity contribution in [1.82, 2.24) is 10.2 Å². The molecule has 5 heteroatoms. The van der Waals surface area contributed by atoms with E-state index >= 15 is 0 Å². The van der Waals surface area contributed by atoms with E-state index in [1.165, 1.54) is 12.8 Å². The van der Waals surface area contributed by atoms with E-state index in [0.717, 1.165) is 18.4 Å². The summed E-state index contributed by atoms with van der Waals surface area (Å²) in [4.78, 5) is 14.5. The van der Waals surface area contributed by atoms with Gasteiger partial charge in [0.05, 0.1) is 12.1 Å². The third-order valence-corrected chi connectivity index (χ3v) is 5.53. The Balaban J connectivity index is 1.53. The number of piperidine rings is 1. The Morgan fingerprint density at radius 1 is 1.35 bits per heavy atom. The number of benzene rings is 1. The van der Waals surface area contributed by atoms with Gasteiger partial charge in [0.25, 0.3) is 0 Å². The fraction of sp³-hybridized carbons (Fsp3) is 0.611. The molecule has 1 N–H and O–H groups in total. The molecular formula is C18H25ClN2O2. The third-order valence-electron chi connectivity index (χ3n) is 5.23. The zero-order chi connectivity index (χ0) is 16.4. The second-order valence-electron chi connectivity index (χ2n) is 6.74. The van der Waals surface area contributed by atoms with Crippen molar-refractivity contribution in [2.45, 2.75) is 56.7 Å². The molecule has 2 fully saturated rings. The number of nitrogens with one attached hydrogen (secondary N) is 1. The van der Waals surface area contributed by atoms with Gasteiger partial charge in [0.15, 0.2) is 0 Å². The summed E-state index contributed by atoms with van der Waals surface area (Å²) in [6, 6.07) is 7.32. The lowest BCUT2D eigenvalue weighted by Gasteiger charge is -2.35. The molecule has 23 heavy (non-hydrogen) atoms. The molecule has 1 aromatic carbocycles. The number of nitrogens with zero attached hydrogens (tertiary/aromatic N) is 1. The number of hydrogen-bond acceptors (Lipinski definition) is 3. The highest BCUT2D eigenvalue weighted by Gasteiger charge is 2.36. The van der Waals surface area contributed by atoms with Crippen LogP contribution in [0.15, 0.2) is 18.2 Å². The van der Waals surface area contributed by atoms with Crippen molar-refractivity contribution in [3.8, 4) is 5.75 Å². The standard InChI is InChI=1S/C18H25ClN2O2/c1-21(15-10-13-5-6-14(11-15)20-13)18(22)8-4-12-3-7-17(23-2)16(19)9-12/h3,7,9,13-15,20H,4-6,8,10-11H2,1-2H3.